The lowest BCUT2D eigenvalue weighted by atomic mass is 11.8. The fourth-order valence-corrected chi connectivity index (χ4v) is 7.45. The van der Waals surface area contributed by atoms with Gasteiger partial charge in [-0.1, -0.05) is 0 Å². The van der Waals surface area contributed by atoms with Crippen molar-refractivity contribution in [2.45, 2.75) is 0 Å². The maximum absolute atomic E-state index is 8.83. The van der Waals surface area contributed by atoms with Gasteiger partial charge in [-0.25, -0.2) is 0 Å². The zero-order valence-electron chi connectivity index (χ0n) is 4.70. The van der Waals surface area contributed by atoms with Crippen molar-refractivity contribution in [1.29, 1.82) is 0 Å². The predicted octanol–water partition coefficient (Wildman–Crippen LogP) is 0.974. The van der Waals surface area contributed by atoms with Crippen molar-refractivity contribution in [3.63, 3.8) is 0 Å². The lowest BCUT2D eigenvalue weighted by molar-refractivity contribution is 0.495. The summed E-state index contributed by atoms with van der Waals surface area (Å²) in [7, 11) is -3.23. The van der Waals surface area contributed by atoms with Gasteiger partial charge >= 0.3 is 0 Å². The largest absolute Gasteiger partial charge is 0.298 e. The van der Waals surface area contributed by atoms with Crippen molar-refractivity contribution in [1.82, 2.24) is 0 Å². The highest BCUT2D eigenvalue weighted by Crippen LogP contribution is 2.68. The highest BCUT2D eigenvalue weighted by Gasteiger charge is 2.36. The minimum Gasteiger partial charge on any atom is -0.298 e. The molecule has 5 heteroatoms. The van der Waals surface area contributed by atoms with Crippen molar-refractivity contribution >= 4 is 20.8 Å². The van der Waals surface area contributed by atoms with Gasteiger partial charge in [0, 0.05) is 0 Å². The van der Waals surface area contributed by atoms with E-state index in [1.54, 1.807) is 0 Å². The summed E-state index contributed by atoms with van der Waals surface area (Å²) >= 11 is 0. The highest BCUT2D eigenvalue weighted by molar-refractivity contribution is 8.58. The molecular weight excluding hydrogens is 146 g/mol. The molecule has 0 aromatic heterocycles. The number of rotatable bonds is 0. The Balaban J connectivity index is 2.42. The van der Waals surface area contributed by atoms with E-state index < -0.39 is 20.8 Å². The lowest BCUT2D eigenvalue weighted by Gasteiger charge is -2.55. The van der Waals surface area contributed by atoms with Crippen LogP contribution >= 0.6 is 20.8 Å². The number of hydrogen-bond donors (Lipinski definition) is 3. The molecule has 0 aliphatic carbocycles. The summed E-state index contributed by atoms with van der Waals surface area (Å²) in [5, 5.41) is 6.50. The SMILES string of the molecule is CS1(N)CS(O)(O)C1. The second kappa shape index (κ2) is 1.54. The van der Waals surface area contributed by atoms with Gasteiger partial charge in [0.1, 0.15) is 0 Å². The molecule has 0 atom stereocenters. The van der Waals surface area contributed by atoms with Crippen LogP contribution in [0, 0.1) is 0 Å². The van der Waals surface area contributed by atoms with Gasteiger partial charge in [0.2, 0.25) is 0 Å². The first kappa shape index (κ1) is 6.70. The molecular formula is C3H11NO2S2. The van der Waals surface area contributed by atoms with Crippen LogP contribution in [0.15, 0.2) is 0 Å². The van der Waals surface area contributed by atoms with Crippen molar-refractivity contribution in [3.05, 3.63) is 0 Å². The first-order chi connectivity index (χ1) is 3.41. The summed E-state index contributed by atoms with van der Waals surface area (Å²) in [6, 6.07) is 0. The van der Waals surface area contributed by atoms with Crippen molar-refractivity contribution < 1.29 is 9.11 Å². The molecule has 0 aromatic carbocycles. The Hall–Kier alpha value is 0.580. The van der Waals surface area contributed by atoms with Crippen LogP contribution in [-0.4, -0.2) is 25.5 Å². The quantitative estimate of drug-likeness (QED) is 0.491. The first-order valence-electron chi connectivity index (χ1n) is 2.16. The Morgan fingerprint density at radius 1 is 1.38 bits per heavy atom. The van der Waals surface area contributed by atoms with Gasteiger partial charge in [-0.05, 0) is 6.26 Å². The Bertz CT molecular complexity index is 91.9. The van der Waals surface area contributed by atoms with Gasteiger partial charge in [-0.15, -0.1) is 0 Å². The van der Waals surface area contributed by atoms with Crippen LogP contribution in [0.5, 0.6) is 0 Å². The Kier molecular flexibility index (Phi) is 1.29. The monoisotopic (exact) mass is 157 g/mol. The number of nitrogens with two attached hydrogens (primary N) is 1. The molecule has 0 aromatic rings. The molecule has 0 spiro atoms. The van der Waals surface area contributed by atoms with Crippen LogP contribution in [0.25, 0.3) is 0 Å². The predicted molar refractivity (Wildman–Crippen MR) is 40.3 cm³/mol. The molecule has 52 valence electrons. The van der Waals surface area contributed by atoms with Crippen LogP contribution < -0.4 is 5.14 Å². The summed E-state index contributed by atoms with van der Waals surface area (Å²) in [5.41, 5.74) is 0. The van der Waals surface area contributed by atoms with Crippen molar-refractivity contribution in [2.75, 3.05) is 16.4 Å². The van der Waals surface area contributed by atoms with Gasteiger partial charge in [-0.2, -0.15) is 20.8 Å². The number of hydrogen-bond acceptors (Lipinski definition) is 3. The molecule has 1 rings (SSSR count). The molecule has 4 N–H and O–H groups in total. The van der Waals surface area contributed by atoms with Crippen molar-refractivity contribution in [3.8, 4) is 0 Å². The summed E-state index contributed by atoms with van der Waals surface area (Å²) < 4.78 is 17.7. The molecule has 0 bridgehead atoms. The Morgan fingerprint density at radius 3 is 1.75 bits per heavy atom. The molecule has 1 saturated heterocycles. The van der Waals surface area contributed by atoms with E-state index in [9.17, 15) is 0 Å². The van der Waals surface area contributed by atoms with Gasteiger partial charge in [0.15, 0.2) is 0 Å². The Morgan fingerprint density at radius 2 is 1.75 bits per heavy atom. The summed E-state index contributed by atoms with van der Waals surface area (Å²) in [6.07, 6.45) is 1.91. The molecule has 1 fully saturated rings. The average Bonchev–Trinajstić information content (AvgIpc) is 1.20. The van der Waals surface area contributed by atoms with Crippen LogP contribution in [0.3, 0.4) is 0 Å². The van der Waals surface area contributed by atoms with E-state index in [4.69, 9.17) is 14.2 Å². The summed E-state index contributed by atoms with van der Waals surface area (Å²) in [4.78, 5) is 0. The fourth-order valence-electron chi connectivity index (χ4n) is 0.828. The van der Waals surface area contributed by atoms with Gasteiger partial charge in [-0.3, -0.25) is 14.2 Å². The van der Waals surface area contributed by atoms with Crippen LogP contribution in [-0.2, 0) is 0 Å². The fraction of sp³-hybridized carbons (Fsp3) is 1.00. The van der Waals surface area contributed by atoms with E-state index in [1.165, 1.54) is 0 Å². The van der Waals surface area contributed by atoms with E-state index in [2.05, 4.69) is 0 Å². The molecule has 0 radical (unpaired) electrons. The zero-order chi connectivity index (χ0) is 6.41. The topological polar surface area (TPSA) is 66.5 Å². The molecule has 1 heterocycles. The van der Waals surface area contributed by atoms with Crippen LogP contribution in [0.2, 0.25) is 0 Å². The summed E-state index contributed by atoms with van der Waals surface area (Å²) in [5.74, 6) is 0. The lowest BCUT2D eigenvalue weighted by Crippen LogP contribution is -2.33. The Labute approximate surface area is 52.1 Å². The maximum Gasteiger partial charge on any atom is 0.0805 e. The molecule has 8 heavy (non-hydrogen) atoms. The van der Waals surface area contributed by atoms with E-state index in [1.807, 2.05) is 6.26 Å². The third-order valence-electron chi connectivity index (χ3n) is 0.916. The maximum atomic E-state index is 8.83. The van der Waals surface area contributed by atoms with Crippen LogP contribution in [0.4, 0.5) is 0 Å². The van der Waals surface area contributed by atoms with E-state index in [0.717, 1.165) is 0 Å². The van der Waals surface area contributed by atoms with E-state index in [0.29, 0.717) is 10.2 Å². The van der Waals surface area contributed by atoms with E-state index >= 15 is 0 Å². The minimum absolute atomic E-state index is 0.458. The second-order valence-electron chi connectivity index (χ2n) is 2.39. The molecule has 3 nitrogen and oxygen atoms in total. The molecule has 0 saturated carbocycles. The first-order valence-corrected chi connectivity index (χ1v) is 6.49. The highest BCUT2D eigenvalue weighted by atomic mass is 32.4. The third-order valence-corrected chi connectivity index (χ3v) is 8.24. The minimum atomic E-state index is -2.18. The zero-order valence-corrected chi connectivity index (χ0v) is 6.34. The molecule has 1 aliphatic rings. The second-order valence-corrected chi connectivity index (χ2v) is 8.58. The van der Waals surface area contributed by atoms with Gasteiger partial charge < -0.3 is 0 Å². The molecule has 1 aliphatic heterocycles. The smallest absolute Gasteiger partial charge is 0.0805 e. The van der Waals surface area contributed by atoms with E-state index in [-0.39, 0.29) is 0 Å². The van der Waals surface area contributed by atoms with Crippen LogP contribution in [0.1, 0.15) is 0 Å². The normalized spacial score (nSPS) is 39.5. The van der Waals surface area contributed by atoms with Gasteiger partial charge in [0.05, 0.1) is 10.2 Å². The average molecular weight is 157 g/mol. The molecule has 0 unspecified atom stereocenters. The standard InChI is InChI=1S/C3H11NO2S2/c1-7(4)2-8(5,6)3-7/h5-6H,2-4H2,1H3. The summed E-state index contributed by atoms with van der Waals surface area (Å²) in [6.45, 7) is 0. The van der Waals surface area contributed by atoms with Gasteiger partial charge in [0.25, 0.3) is 0 Å². The molecule has 0 amide bonds. The van der Waals surface area contributed by atoms with Crippen molar-refractivity contribution in [2.24, 2.45) is 5.14 Å². The third kappa shape index (κ3) is 1.29.